The van der Waals surface area contributed by atoms with E-state index in [0.717, 1.165) is 10.9 Å². The van der Waals surface area contributed by atoms with Crippen LogP contribution in [0.2, 0.25) is 18.1 Å². The quantitative estimate of drug-likeness (QED) is 0.445. The number of aryl methyl sites for hydroxylation is 1. The van der Waals surface area contributed by atoms with Crippen molar-refractivity contribution in [1.29, 1.82) is 0 Å². The molecule has 6 heteroatoms. The van der Waals surface area contributed by atoms with Gasteiger partial charge in [-0.1, -0.05) is 20.8 Å². The van der Waals surface area contributed by atoms with Gasteiger partial charge in [0.15, 0.2) is 8.32 Å². The second-order valence-electron chi connectivity index (χ2n) is 7.57. The van der Waals surface area contributed by atoms with Crippen LogP contribution in [0, 0.1) is 17.0 Å². The maximum Gasteiger partial charge on any atom is 0.274 e. The van der Waals surface area contributed by atoms with Crippen LogP contribution in [0.5, 0.6) is 0 Å². The zero-order valence-electron chi connectivity index (χ0n) is 14.8. The van der Waals surface area contributed by atoms with Gasteiger partial charge in [-0.3, -0.25) is 10.1 Å². The molecule has 0 spiro atoms. The first-order chi connectivity index (χ1) is 10.5. The maximum atomic E-state index is 11.1. The standard InChI is InChI=1S/C17H26N2O3Si/c1-13-11-14-7-8-18(16(14)12-15(13)19(20)21)9-10-22-23(5,6)17(2,3)4/h7-8,11-12H,9-10H2,1-6H3. The fourth-order valence-corrected chi connectivity index (χ4v) is 3.38. The van der Waals surface area contributed by atoms with Gasteiger partial charge in [0, 0.05) is 29.8 Å². The minimum atomic E-state index is -1.77. The molecule has 0 saturated carbocycles. The molecule has 0 fully saturated rings. The first-order valence-electron chi connectivity index (χ1n) is 7.91. The molecular weight excluding hydrogens is 308 g/mol. The fraction of sp³-hybridized carbons (Fsp3) is 0.529. The number of aromatic nitrogens is 1. The molecule has 1 aromatic carbocycles. The summed E-state index contributed by atoms with van der Waals surface area (Å²) in [6, 6.07) is 5.54. The molecule has 2 rings (SSSR count). The van der Waals surface area contributed by atoms with Crippen LogP contribution in [0.4, 0.5) is 5.69 Å². The lowest BCUT2D eigenvalue weighted by molar-refractivity contribution is -0.385. The van der Waals surface area contributed by atoms with Gasteiger partial charge in [0.05, 0.1) is 17.0 Å². The Labute approximate surface area is 138 Å². The summed E-state index contributed by atoms with van der Waals surface area (Å²) in [5.41, 5.74) is 1.75. The molecule has 0 atom stereocenters. The third kappa shape index (κ3) is 3.64. The summed E-state index contributed by atoms with van der Waals surface area (Å²) in [4.78, 5) is 10.8. The maximum absolute atomic E-state index is 11.1. The molecule has 0 saturated heterocycles. The number of rotatable bonds is 5. The average molecular weight is 334 g/mol. The van der Waals surface area contributed by atoms with E-state index in [-0.39, 0.29) is 15.6 Å². The fourth-order valence-electron chi connectivity index (χ4n) is 2.35. The lowest BCUT2D eigenvalue weighted by Crippen LogP contribution is -2.41. The number of nitro groups is 1. The Morgan fingerprint density at radius 1 is 1.30 bits per heavy atom. The van der Waals surface area contributed by atoms with Crippen molar-refractivity contribution in [2.24, 2.45) is 0 Å². The summed E-state index contributed by atoms with van der Waals surface area (Å²) >= 11 is 0. The summed E-state index contributed by atoms with van der Waals surface area (Å²) in [6.07, 6.45) is 1.98. The Morgan fingerprint density at radius 2 is 1.96 bits per heavy atom. The molecule has 5 nitrogen and oxygen atoms in total. The van der Waals surface area contributed by atoms with Crippen LogP contribution in [-0.4, -0.2) is 24.4 Å². The zero-order chi connectivity index (χ0) is 17.4. The molecule has 0 unspecified atom stereocenters. The monoisotopic (exact) mass is 334 g/mol. The average Bonchev–Trinajstić information content (AvgIpc) is 2.78. The second-order valence-corrected chi connectivity index (χ2v) is 12.4. The molecule has 0 N–H and O–H groups in total. The van der Waals surface area contributed by atoms with Crippen LogP contribution in [0.3, 0.4) is 0 Å². The topological polar surface area (TPSA) is 57.3 Å². The molecule has 126 valence electrons. The Balaban J connectivity index is 2.18. The van der Waals surface area contributed by atoms with Gasteiger partial charge in [0.25, 0.3) is 5.69 Å². The number of benzene rings is 1. The highest BCUT2D eigenvalue weighted by Gasteiger charge is 2.36. The lowest BCUT2D eigenvalue weighted by Gasteiger charge is -2.36. The molecule has 0 aliphatic carbocycles. The van der Waals surface area contributed by atoms with E-state index in [9.17, 15) is 10.1 Å². The van der Waals surface area contributed by atoms with Gasteiger partial charge >= 0.3 is 0 Å². The smallest absolute Gasteiger partial charge is 0.274 e. The van der Waals surface area contributed by atoms with Crippen molar-refractivity contribution in [1.82, 2.24) is 4.57 Å². The van der Waals surface area contributed by atoms with Gasteiger partial charge in [-0.2, -0.15) is 0 Å². The van der Waals surface area contributed by atoms with Crippen molar-refractivity contribution in [3.8, 4) is 0 Å². The van der Waals surface area contributed by atoms with Crippen molar-refractivity contribution in [2.75, 3.05) is 6.61 Å². The van der Waals surface area contributed by atoms with Crippen molar-refractivity contribution in [3.05, 3.63) is 40.1 Å². The summed E-state index contributed by atoms with van der Waals surface area (Å²) in [7, 11) is -1.77. The van der Waals surface area contributed by atoms with E-state index in [1.54, 1.807) is 13.0 Å². The molecule has 0 aliphatic rings. The normalized spacial score (nSPS) is 12.8. The second kappa shape index (κ2) is 6.09. The van der Waals surface area contributed by atoms with E-state index in [2.05, 4.69) is 33.9 Å². The highest BCUT2D eigenvalue weighted by Crippen LogP contribution is 2.36. The summed E-state index contributed by atoms with van der Waals surface area (Å²) < 4.78 is 8.24. The van der Waals surface area contributed by atoms with Crippen molar-refractivity contribution in [2.45, 2.75) is 52.4 Å². The summed E-state index contributed by atoms with van der Waals surface area (Å²) in [5, 5.41) is 12.3. The Morgan fingerprint density at radius 3 is 2.52 bits per heavy atom. The summed E-state index contributed by atoms with van der Waals surface area (Å²) in [5.74, 6) is 0. The van der Waals surface area contributed by atoms with Gasteiger partial charge in [-0.25, -0.2) is 0 Å². The number of nitro benzene ring substituents is 1. The van der Waals surface area contributed by atoms with Crippen molar-refractivity contribution < 1.29 is 9.35 Å². The molecule has 1 aromatic heterocycles. The number of hydrogen-bond acceptors (Lipinski definition) is 3. The van der Waals surface area contributed by atoms with E-state index in [1.165, 1.54) is 0 Å². The van der Waals surface area contributed by atoms with Crippen LogP contribution >= 0.6 is 0 Å². The lowest BCUT2D eigenvalue weighted by atomic mass is 10.1. The van der Waals surface area contributed by atoms with Crippen LogP contribution in [0.15, 0.2) is 24.4 Å². The Hall–Kier alpha value is -1.66. The highest BCUT2D eigenvalue weighted by atomic mass is 28.4. The SMILES string of the molecule is Cc1cc2ccn(CCO[Si](C)(C)C(C)(C)C)c2cc1[N+](=O)[O-]. The van der Waals surface area contributed by atoms with Gasteiger partial charge in [0.1, 0.15) is 0 Å². The van der Waals surface area contributed by atoms with E-state index >= 15 is 0 Å². The minimum Gasteiger partial charge on any atom is -0.415 e. The largest absolute Gasteiger partial charge is 0.415 e. The van der Waals surface area contributed by atoms with E-state index in [0.29, 0.717) is 18.7 Å². The molecule has 0 bridgehead atoms. The summed E-state index contributed by atoms with van der Waals surface area (Å²) in [6.45, 7) is 14.2. The van der Waals surface area contributed by atoms with Crippen molar-refractivity contribution >= 4 is 24.9 Å². The zero-order valence-corrected chi connectivity index (χ0v) is 15.8. The molecular formula is C17H26N2O3Si. The minimum absolute atomic E-state index is 0.169. The first kappa shape index (κ1) is 17.7. The predicted octanol–water partition coefficient (Wildman–Crippen LogP) is 4.88. The number of fused-ring (bicyclic) bond motifs is 1. The molecule has 0 aliphatic heterocycles. The van der Waals surface area contributed by atoms with Crippen LogP contribution in [0.25, 0.3) is 10.9 Å². The molecule has 2 aromatic rings. The number of hydrogen-bond donors (Lipinski definition) is 0. The van der Waals surface area contributed by atoms with Crippen LogP contribution < -0.4 is 0 Å². The molecule has 0 radical (unpaired) electrons. The van der Waals surface area contributed by atoms with E-state index in [4.69, 9.17) is 4.43 Å². The first-order valence-corrected chi connectivity index (χ1v) is 10.8. The van der Waals surface area contributed by atoms with Gasteiger partial charge in [-0.15, -0.1) is 0 Å². The van der Waals surface area contributed by atoms with Crippen molar-refractivity contribution in [3.63, 3.8) is 0 Å². The third-order valence-corrected chi connectivity index (χ3v) is 9.42. The van der Waals surface area contributed by atoms with Crippen LogP contribution in [0.1, 0.15) is 26.3 Å². The predicted molar refractivity (Wildman–Crippen MR) is 96.5 cm³/mol. The van der Waals surface area contributed by atoms with Gasteiger partial charge in [-0.05, 0) is 37.2 Å². The Kier molecular flexibility index (Phi) is 4.68. The highest BCUT2D eigenvalue weighted by molar-refractivity contribution is 6.74. The Bertz CT molecular complexity index is 729. The third-order valence-electron chi connectivity index (χ3n) is 4.89. The van der Waals surface area contributed by atoms with Gasteiger partial charge < -0.3 is 8.99 Å². The van der Waals surface area contributed by atoms with E-state index in [1.807, 2.05) is 22.9 Å². The molecule has 1 heterocycles. The molecule has 23 heavy (non-hydrogen) atoms. The van der Waals surface area contributed by atoms with Crippen LogP contribution in [-0.2, 0) is 11.0 Å². The number of nitrogens with zero attached hydrogens (tertiary/aromatic N) is 2. The van der Waals surface area contributed by atoms with Gasteiger partial charge in [0.2, 0.25) is 0 Å². The van der Waals surface area contributed by atoms with E-state index < -0.39 is 8.32 Å². The molecule has 0 amide bonds.